The van der Waals surface area contributed by atoms with E-state index < -0.39 is 0 Å². The minimum atomic E-state index is -0.362. The molecule has 1 aliphatic rings. The molecule has 0 bridgehead atoms. The second-order valence-electron chi connectivity index (χ2n) is 6.40. The summed E-state index contributed by atoms with van der Waals surface area (Å²) in [5, 5.41) is 2.86. The molecule has 1 fully saturated rings. The van der Waals surface area contributed by atoms with E-state index in [9.17, 15) is 4.79 Å². The van der Waals surface area contributed by atoms with Gasteiger partial charge in [-0.3, -0.25) is 4.84 Å². The van der Waals surface area contributed by atoms with E-state index >= 15 is 0 Å². The van der Waals surface area contributed by atoms with Gasteiger partial charge in [-0.15, -0.1) is 0 Å². The van der Waals surface area contributed by atoms with Crippen LogP contribution in [0.1, 0.15) is 39.2 Å². The quantitative estimate of drug-likeness (QED) is 0.819. The van der Waals surface area contributed by atoms with Crippen LogP contribution in [0, 0.1) is 0 Å². The van der Waals surface area contributed by atoms with Gasteiger partial charge in [-0.2, -0.15) is 5.48 Å². The average Bonchev–Trinajstić information content (AvgIpc) is 2.39. The van der Waals surface area contributed by atoms with Crippen LogP contribution in [0.2, 0.25) is 0 Å². The number of nitrogens with one attached hydrogen (secondary N) is 2. The van der Waals surface area contributed by atoms with Crippen LogP contribution < -0.4 is 10.8 Å². The molecule has 21 heavy (non-hydrogen) atoms. The molecule has 0 saturated heterocycles. The molecule has 1 aromatic carbocycles. The van der Waals surface area contributed by atoms with Gasteiger partial charge in [-0.25, -0.2) is 4.79 Å². The van der Waals surface area contributed by atoms with Crippen molar-refractivity contribution in [2.24, 2.45) is 0 Å². The number of hydroxylamine groups is 1. The molecule has 0 atom stereocenters. The Morgan fingerprint density at radius 1 is 1.19 bits per heavy atom. The molecule has 2 N–H and O–H groups in total. The Hall–Kier alpha value is -1.59. The van der Waals surface area contributed by atoms with Gasteiger partial charge in [0, 0.05) is 12.1 Å². The van der Waals surface area contributed by atoms with Crippen LogP contribution >= 0.6 is 0 Å². The van der Waals surface area contributed by atoms with E-state index in [4.69, 9.17) is 9.57 Å². The molecule has 0 radical (unpaired) electrons. The Kier molecular flexibility index (Phi) is 5.20. The summed E-state index contributed by atoms with van der Waals surface area (Å²) < 4.78 is 5.18. The summed E-state index contributed by atoms with van der Waals surface area (Å²) in [6, 6.07) is 10.1. The zero-order valence-electron chi connectivity index (χ0n) is 12.9. The first-order chi connectivity index (χ1) is 9.92. The number of hydrogen-bond acceptors (Lipinski definition) is 4. The Labute approximate surface area is 126 Å². The van der Waals surface area contributed by atoms with Crippen LogP contribution in [-0.2, 0) is 16.2 Å². The van der Waals surface area contributed by atoms with Crippen molar-refractivity contribution in [1.29, 1.82) is 0 Å². The fourth-order valence-electron chi connectivity index (χ4n) is 2.02. The van der Waals surface area contributed by atoms with E-state index in [1.54, 1.807) is 0 Å². The first-order valence-corrected chi connectivity index (χ1v) is 7.33. The molecule has 0 aromatic heterocycles. The highest BCUT2D eigenvalue weighted by atomic mass is 16.7. The maximum Gasteiger partial charge on any atom is 0.407 e. The largest absolute Gasteiger partial charge is 0.445 e. The molecule has 0 spiro atoms. The minimum absolute atomic E-state index is 0.161. The topological polar surface area (TPSA) is 59.6 Å². The zero-order chi connectivity index (χ0) is 15.3. The van der Waals surface area contributed by atoms with Gasteiger partial charge in [-0.1, -0.05) is 30.3 Å². The van der Waals surface area contributed by atoms with Crippen LogP contribution in [0.3, 0.4) is 0 Å². The smallest absolute Gasteiger partial charge is 0.407 e. The fraction of sp³-hybridized carbons (Fsp3) is 0.562. The average molecular weight is 292 g/mol. The molecule has 5 heteroatoms. The van der Waals surface area contributed by atoms with E-state index in [-0.39, 0.29) is 17.7 Å². The molecule has 1 amide bonds. The van der Waals surface area contributed by atoms with Crippen molar-refractivity contribution in [2.45, 2.75) is 57.9 Å². The summed E-state index contributed by atoms with van der Waals surface area (Å²) in [5.41, 5.74) is 3.81. The monoisotopic (exact) mass is 292 g/mol. The number of amides is 1. The van der Waals surface area contributed by atoms with Crippen molar-refractivity contribution in [2.75, 3.05) is 0 Å². The third-order valence-corrected chi connectivity index (χ3v) is 3.20. The lowest BCUT2D eigenvalue weighted by Gasteiger charge is -2.37. The van der Waals surface area contributed by atoms with Gasteiger partial charge in [0.05, 0.1) is 5.60 Å². The number of ether oxygens (including phenoxy) is 1. The number of hydrogen-bond donors (Lipinski definition) is 2. The highest BCUT2D eigenvalue weighted by molar-refractivity contribution is 5.67. The number of benzene rings is 1. The van der Waals surface area contributed by atoms with E-state index in [2.05, 4.69) is 10.8 Å². The summed E-state index contributed by atoms with van der Waals surface area (Å²) in [4.78, 5) is 17.2. The lowest BCUT2D eigenvalue weighted by atomic mass is 9.87. The molecule has 2 rings (SSSR count). The van der Waals surface area contributed by atoms with Crippen LogP contribution in [0.25, 0.3) is 0 Å². The van der Waals surface area contributed by atoms with Gasteiger partial charge >= 0.3 is 6.09 Å². The summed E-state index contributed by atoms with van der Waals surface area (Å²) in [6.07, 6.45) is 1.35. The summed E-state index contributed by atoms with van der Waals surface area (Å²) in [6.45, 7) is 6.29. The fourth-order valence-corrected chi connectivity index (χ4v) is 2.02. The Morgan fingerprint density at radius 3 is 2.48 bits per heavy atom. The molecule has 0 aliphatic heterocycles. The van der Waals surface area contributed by atoms with Crippen molar-refractivity contribution < 1.29 is 14.4 Å². The third kappa shape index (κ3) is 5.73. The number of carbonyl (C=O) groups excluding carboxylic acids is 1. The van der Waals surface area contributed by atoms with E-state index in [0.29, 0.717) is 12.6 Å². The molecule has 5 nitrogen and oxygen atoms in total. The first kappa shape index (κ1) is 15.8. The van der Waals surface area contributed by atoms with Gasteiger partial charge in [0.2, 0.25) is 0 Å². The van der Waals surface area contributed by atoms with E-state index in [1.807, 2.05) is 51.1 Å². The molecule has 116 valence electrons. The molecule has 1 aliphatic carbocycles. The second kappa shape index (κ2) is 6.91. The highest BCUT2D eigenvalue weighted by Crippen LogP contribution is 2.21. The van der Waals surface area contributed by atoms with Crippen molar-refractivity contribution in [1.82, 2.24) is 10.8 Å². The lowest BCUT2D eigenvalue weighted by molar-refractivity contribution is -0.102. The van der Waals surface area contributed by atoms with E-state index in [0.717, 1.165) is 18.4 Å². The van der Waals surface area contributed by atoms with Gasteiger partial charge in [0.1, 0.15) is 6.61 Å². The predicted molar refractivity (Wildman–Crippen MR) is 80.5 cm³/mol. The predicted octanol–water partition coefficient (Wildman–Crippen LogP) is 2.76. The molecule has 1 saturated carbocycles. The second-order valence-corrected chi connectivity index (χ2v) is 6.40. The SMILES string of the molecule is CC(C)(C)ONC1CC(NC(=O)OCc2ccccc2)C1. The molecule has 1 aromatic rings. The van der Waals surface area contributed by atoms with Crippen LogP contribution in [0.15, 0.2) is 30.3 Å². The van der Waals surface area contributed by atoms with Crippen molar-refractivity contribution >= 4 is 6.09 Å². The molecular weight excluding hydrogens is 268 g/mol. The van der Waals surface area contributed by atoms with Crippen molar-refractivity contribution in [3.05, 3.63) is 35.9 Å². The first-order valence-electron chi connectivity index (χ1n) is 7.33. The van der Waals surface area contributed by atoms with Gasteiger partial charge in [0.25, 0.3) is 0 Å². The summed E-state index contributed by atoms with van der Waals surface area (Å²) >= 11 is 0. The summed E-state index contributed by atoms with van der Waals surface area (Å²) in [7, 11) is 0. The van der Waals surface area contributed by atoms with Gasteiger partial charge in [0.15, 0.2) is 0 Å². The van der Waals surface area contributed by atoms with Crippen molar-refractivity contribution in [3.63, 3.8) is 0 Å². The molecular formula is C16H24N2O3. The third-order valence-electron chi connectivity index (χ3n) is 3.20. The molecule has 0 unspecified atom stereocenters. The Bertz CT molecular complexity index is 450. The van der Waals surface area contributed by atoms with Crippen molar-refractivity contribution in [3.8, 4) is 0 Å². The standard InChI is InChI=1S/C16H24N2O3/c1-16(2,3)21-18-14-9-13(10-14)17-15(19)20-11-12-7-5-4-6-8-12/h4-8,13-14,18H,9-11H2,1-3H3,(H,17,19). The number of rotatable bonds is 5. The normalized spacial score (nSPS) is 21.5. The summed E-state index contributed by atoms with van der Waals surface area (Å²) in [5.74, 6) is 0. The number of alkyl carbamates (subject to hydrolysis) is 1. The van der Waals surface area contributed by atoms with Gasteiger partial charge in [-0.05, 0) is 39.2 Å². The molecule has 0 heterocycles. The van der Waals surface area contributed by atoms with Gasteiger partial charge < -0.3 is 10.1 Å². The van der Waals surface area contributed by atoms with Crippen LogP contribution in [0.5, 0.6) is 0 Å². The highest BCUT2D eigenvalue weighted by Gasteiger charge is 2.31. The van der Waals surface area contributed by atoms with Crippen LogP contribution in [-0.4, -0.2) is 23.8 Å². The number of carbonyl (C=O) groups is 1. The lowest BCUT2D eigenvalue weighted by Crippen LogP contribution is -2.53. The Morgan fingerprint density at radius 2 is 1.86 bits per heavy atom. The van der Waals surface area contributed by atoms with Crippen LogP contribution in [0.4, 0.5) is 4.79 Å². The van der Waals surface area contributed by atoms with E-state index in [1.165, 1.54) is 0 Å². The zero-order valence-corrected chi connectivity index (χ0v) is 12.9. The Balaban J connectivity index is 1.58. The minimum Gasteiger partial charge on any atom is -0.445 e. The maximum absolute atomic E-state index is 11.7. The maximum atomic E-state index is 11.7.